The molecular formula is C23H25F3N4O2. The number of alkyl halides is 3. The molecule has 3 atom stereocenters. The van der Waals surface area contributed by atoms with Crippen molar-refractivity contribution in [3.8, 4) is 0 Å². The predicted molar refractivity (Wildman–Crippen MR) is 113 cm³/mol. The molecular weight excluding hydrogens is 421 g/mol. The average Bonchev–Trinajstić information content (AvgIpc) is 3.18. The number of likely N-dealkylation sites (tertiary alicyclic amines) is 1. The molecule has 4 rings (SSSR count). The minimum Gasteiger partial charge on any atom is -0.369 e. The zero-order valence-electron chi connectivity index (χ0n) is 17.6. The van der Waals surface area contributed by atoms with E-state index in [9.17, 15) is 18.0 Å². The fraction of sp³-hybridized carbons (Fsp3) is 0.391. The summed E-state index contributed by atoms with van der Waals surface area (Å²) in [5.74, 6) is 0.530. The normalized spacial score (nSPS) is 20.9. The van der Waals surface area contributed by atoms with Crippen LogP contribution in [0.3, 0.4) is 0 Å². The Bertz CT molecular complexity index is 1080. The Hall–Kier alpha value is -2.91. The van der Waals surface area contributed by atoms with Crippen molar-refractivity contribution in [3.63, 3.8) is 0 Å². The molecule has 3 aromatic rings. The maximum absolute atomic E-state index is 13.2. The number of ether oxygens (including phenoxy) is 1. The first-order chi connectivity index (χ1) is 15.3. The maximum atomic E-state index is 13.2. The highest BCUT2D eigenvalue weighted by Gasteiger charge is 2.36. The molecule has 0 aliphatic carbocycles. The molecule has 2 aromatic carbocycles. The molecule has 32 heavy (non-hydrogen) atoms. The van der Waals surface area contributed by atoms with E-state index in [1.165, 1.54) is 6.07 Å². The number of hydrogen-bond donors (Lipinski definition) is 2. The third kappa shape index (κ3) is 5.11. The number of benzene rings is 2. The van der Waals surface area contributed by atoms with Gasteiger partial charge in [0.05, 0.1) is 30.4 Å². The summed E-state index contributed by atoms with van der Waals surface area (Å²) in [4.78, 5) is 16.3. The zero-order valence-corrected chi connectivity index (χ0v) is 17.6. The van der Waals surface area contributed by atoms with E-state index in [2.05, 4.69) is 20.1 Å². The number of nitrogens with zero attached hydrogens (tertiary/aromatic N) is 2. The Labute approximate surface area is 183 Å². The van der Waals surface area contributed by atoms with E-state index < -0.39 is 17.8 Å². The van der Waals surface area contributed by atoms with Crippen LogP contribution >= 0.6 is 0 Å². The average molecular weight is 446 g/mol. The lowest BCUT2D eigenvalue weighted by molar-refractivity contribution is -0.137. The Balaban J connectivity index is 1.59. The van der Waals surface area contributed by atoms with Crippen LogP contribution in [-0.2, 0) is 17.5 Å². The van der Waals surface area contributed by atoms with E-state index in [4.69, 9.17) is 4.74 Å². The van der Waals surface area contributed by atoms with Gasteiger partial charge in [-0.2, -0.15) is 18.3 Å². The Kier molecular flexibility index (Phi) is 6.48. The third-order valence-corrected chi connectivity index (χ3v) is 5.79. The predicted octanol–water partition coefficient (Wildman–Crippen LogP) is 4.60. The van der Waals surface area contributed by atoms with Gasteiger partial charge >= 0.3 is 11.9 Å². The van der Waals surface area contributed by atoms with Gasteiger partial charge in [-0.1, -0.05) is 42.5 Å². The van der Waals surface area contributed by atoms with Crippen LogP contribution in [0.15, 0.2) is 59.4 Å². The van der Waals surface area contributed by atoms with Gasteiger partial charge in [0.2, 0.25) is 0 Å². The van der Waals surface area contributed by atoms with Gasteiger partial charge in [-0.3, -0.25) is 9.88 Å². The lowest BCUT2D eigenvalue weighted by Crippen LogP contribution is -2.43. The second kappa shape index (κ2) is 9.30. The molecule has 6 nitrogen and oxygen atoms in total. The number of H-pyrrole nitrogens is 2. The quantitative estimate of drug-likeness (QED) is 0.581. The van der Waals surface area contributed by atoms with E-state index in [1.54, 1.807) is 13.0 Å². The largest absolute Gasteiger partial charge is 0.416 e. The summed E-state index contributed by atoms with van der Waals surface area (Å²) in [6.07, 6.45) is -3.52. The first kappa shape index (κ1) is 22.3. The van der Waals surface area contributed by atoms with Crippen LogP contribution in [0, 0.1) is 0 Å². The lowest BCUT2D eigenvalue weighted by Gasteiger charge is -2.42. The SMILES string of the molecule is CC(O[C@@H]1CCCN(Cc2n[nH]c(=O)[nH]2)[C@@H]1c1ccccc1)c1cccc(C(F)(F)F)c1. The smallest absolute Gasteiger partial charge is 0.369 e. The molecule has 1 aliphatic rings. The number of hydrogen-bond acceptors (Lipinski definition) is 4. The van der Waals surface area contributed by atoms with Crippen LogP contribution in [0.25, 0.3) is 0 Å². The summed E-state index contributed by atoms with van der Waals surface area (Å²) in [6.45, 7) is 2.99. The van der Waals surface area contributed by atoms with Gasteiger partial charge in [-0.15, -0.1) is 0 Å². The lowest BCUT2D eigenvalue weighted by atomic mass is 9.91. The molecule has 170 valence electrons. The fourth-order valence-electron chi connectivity index (χ4n) is 4.30. The van der Waals surface area contributed by atoms with Gasteiger partial charge in [-0.05, 0) is 49.6 Å². The molecule has 1 aromatic heterocycles. The van der Waals surface area contributed by atoms with Gasteiger partial charge < -0.3 is 4.74 Å². The molecule has 0 amide bonds. The standard InChI is InChI=1S/C23H25F3N4O2/c1-15(17-9-5-10-18(13-17)23(24,25)26)32-19-11-6-12-30(14-20-27-22(31)29-28-20)21(19)16-7-3-2-4-8-16/h2-5,7-10,13,15,19,21H,6,11-12,14H2,1H3,(H2,27,28,29,31)/t15?,19-,21-/m1/s1. The monoisotopic (exact) mass is 446 g/mol. The highest BCUT2D eigenvalue weighted by molar-refractivity contribution is 5.27. The Morgan fingerprint density at radius 2 is 1.97 bits per heavy atom. The second-order valence-corrected chi connectivity index (χ2v) is 8.03. The number of nitrogens with one attached hydrogen (secondary N) is 2. The van der Waals surface area contributed by atoms with Crippen molar-refractivity contribution < 1.29 is 17.9 Å². The van der Waals surface area contributed by atoms with E-state index >= 15 is 0 Å². The molecule has 2 heterocycles. The summed E-state index contributed by atoms with van der Waals surface area (Å²) in [5.41, 5.74) is 0.490. The van der Waals surface area contributed by atoms with E-state index in [1.807, 2.05) is 30.3 Å². The number of aromatic amines is 2. The summed E-state index contributed by atoms with van der Waals surface area (Å²) in [5, 5.41) is 6.41. The van der Waals surface area contributed by atoms with Crippen molar-refractivity contribution in [3.05, 3.63) is 87.6 Å². The molecule has 9 heteroatoms. The van der Waals surface area contributed by atoms with Gasteiger partial charge in [0.1, 0.15) is 5.82 Å². The van der Waals surface area contributed by atoms with Crippen LogP contribution in [0.1, 0.15) is 54.4 Å². The first-order valence-corrected chi connectivity index (χ1v) is 10.6. The molecule has 0 saturated carbocycles. The van der Waals surface area contributed by atoms with Crippen LogP contribution in [0.2, 0.25) is 0 Å². The van der Waals surface area contributed by atoms with E-state index in [0.29, 0.717) is 17.9 Å². The van der Waals surface area contributed by atoms with Crippen molar-refractivity contribution in [1.82, 2.24) is 20.1 Å². The molecule has 0 spiro atoms. The third-order valence-electron chi connectivity index (χ3n) is 5.79. The minimum atomic E-state index is -4.40. The van der Waals surface area contributed by atoms with E-state index in [-0.39, 0.29) is 17.8 Å². The summed E-state index contributed by atoms with van der Waals surface area (Å²) < 4.78 is 45.8. The van der Waals surface area contributed by atoms with Gasteiger partial charge in [-0.25, -0.2) is 9.89 Å². The van der Waals surface area contributed by atoms with Gasteiger partial charge in [0.15, 0.2) is 0 Å². The number of aromatic nitrogens is 3. The topological polar surface area (TPSA) is 74.0 Å². The summed E-state index contributed by atoms with van der Waals surface area (Å²) in [6, 6.07) is 15.0. The van der Waals surface area contributed by atoms with Crippen molar-refractivity contribution >= 4 is 0 Å². The van der Waals surface area contributed by atoms with Crippen LogP contribution in [0.4, 0.5) is 13.2 Å². The zero-order chi connectivity index (χ0) is 22.7. The highest BCUT2D eigenvalue weighted by atomic mass is 19.4. The Morgan fingerprint density at radius 3 is 2.66 bits per heavy atom. The molecule has 1 fully saturated rings. The number of rotatable bonds is 6. The van der Waals surface area contributed by atoms with Crippen molar-refractivity contribution in [2.75, 3.05) is 6.54 Å². The van der Waals surface area contributed by atoms with Crippen LogP contribution in [0.5, 0.6) is 0 Å². The van der Waals surface area contributed by atoms with Crippen molar-refractivity contribution in [1.29, 1.82) is 0 Å². The highest BCUT2D eigenvalue weighted by Crippen LogP contribution is 2.37. The number of halogens is 3. The van der Waals surface area contributed by atoms with Crippen molar-refractivity contribution in [2.45, 2.75) is 50.7 Å². The summed E-state index contributed by atoms with van der Waals surface area (Å²) >= 11 is 0. The molecule has 0 bridgehead atoms. The molecule has 1 saturated heterocycles. The second-order valence-electron chi connectivity index (χ2n) is 8.03. The molecule has 1 aliphatic heterocycles. The summed E-state index contributed by atoms with van der Waals surface area (Å²) in [7, 11) is 0. The molecule has 1 unspecified atom stereocenters. The van der Waals surface area contributed by atoms with Gasteiger partial charge in [0.25, 0.3) is 0 Å². The molecule has 0 radical (unpaired) electrons. The first-order valence-electron chi connectivity index (χ1n) is 10.6. The van der Waals surface area contributed by atoms with Crippen molar-refractivity contribution in [2.24, 2.45) is 0 Å². The maximum Gasteiger partial charge on any atom is 0.416 e. The van der Waals surface area contributed by atoms with E-state index in [0.717, 1.165) is 37.1 Å². The number of piperidine rings is 1. The Morgan fingerprint density at radius 1 is 1.19 bits per heavy atom. The fourth-order valence-corrected chi connectivity index (χ4v) is 4.30. The molecule has 2 N–H and O–H groups in total. The van der Waals surface area contributed by atoms with Crippen LogP contribution in [-0.4, -0.2) is 32.7 Å². The van der Waals surface area contributed by atoms with Gasteiger partial charge in [0, 0.05) is 0 Å². The van der Waals surface area contributed by atoms with Crippen LogP contribution < -0.4 is 5.69 Å². The minimum absolute atomic E-state index is 0.126.